The summed E-state index contributed by atoms with van der Waals surface area (Å²) in [5, 5.41) is 40.3. The topological polar surface area (TPSA) is 234 Å². The number of amides is 1. The van der Waals surface area contributed by atoms with Crippen LogP contribution in [0.5, 0.6) is 0 Å². The summed E-state index contributed by atoms with van der Waals surface area (Å²) in [6.45, 7) is 12.0. The van der Waals surface area contributed by atoms with Crippen LogP contribution >= 0.6 is 0 Å². The Labute approximate surface area is 380 Å². The zero-order valence-corrected chi connectivity index (χ0v) is 38.7. The van der Waals surface area contributed by atoms with Crippen molar-refractivity contribution >= 4 is 41.8 Å². The monoisotopic (exact) mass is 904 g/mol. The first-order chi connectivity index (χ1) is 30.7. The summed E-state index contributed by atoms with van der Waals surface area (Å²) in [4.78, 5) is 87.2. The molecule has 0 spiro atoms. The van der Waals surface area contributed by atoms with Crippen LogP contribution in [0.4, 0.5) is 0 Å². The van der Waals surface area contributed by atoms with Crippen molar-refractivity contribution in [2.75, 3.05) is 13.7 Å². The number of benzene rings is 2. The number of aliphatic hydroxyl groups excluding tert-OH is 2. The summed E-state index contributed by atoms with van der Waals surface area (Å²) in [6, 6.07) is 14.9. The van der Waals surface area contributed by atoms with Crippen LogP contribution < -0.4 is 5.32 Å². The van der Waals surface area contributed by atoms with Crippen molar-refractivity contribution in [3.63, 3.8) is 0 Å². The Hall–Kier alpha value is -5.29. The summed E-state index contributed by atoms with van der Waals surface area (Å²) < 4.78 is 30.3. The zero-order chi connectivity index (χ0) is 48.1. The Balaban J connectivity index is 0.00000391. The molecule has 11 atom stereocenters. The molecular weight excluding hydrogens is 841 g/mol. The summed E-state index contributed by atoms with van der Waals surface area (Å²) in [7, 11) is 1.66. The van der Waals surface area contributed by atoms with E-state index in [0.717, 1.165) is 13.8 Å². The predicted molar refractivity (Wildman–Crippen MR) is 236 cm³/mol. The number of hydrogen-bond acceptors (Lipinski definition) is 15. The number of carbonyl (C=O) groups excluding carboxylic acids is 6. The highest BCUT2D eigenvalue weighted by molar-refractivity contribution is 5.95. The van der Waals surface area contributed by atoms with E-state index in [1.165, 1.54) is 26.0 Å². The van der Waals surface area contributed by atoms with Gasteiger partial charge in [-0.3, -0.25) is 19.2 Å². The number of ketones is 1. The number of fused-ring (bicyclic) bond motifs is 5. The van der Waals surface area contributed by atoms with Crippen LogP contribution in [0, 0.1) is 16.7 Å². The van der Waals surface area contributed by atoms with Gasteiger partial charge in [-0.2, -0.15) is 0 Å². The fourth-order valence-electron chi connectivity index (χ4n) is 10.3. The molecule has 1 saturated heterocycles. The smallest absolute Gasteiger partial charge is 0.338 e. The van der Waals surface area contributed by atoms with E-state index in [-0.39, 0.29) is 36.2 Å². The van der Waals surface area contributed by atoms with Crippen molar-refractivity contribution < 1.29 is 67.8 Å². The summed E-state index contributed by atoms with van der Waals surface area (Å²) in [5.74, 6) is -6.63. The van der Waals surface area contributed by atoms with E-state index in [9.17, 15) is 39.3 Å². The molecule has 1 amide bonds. The molecule has 0 aromatic heterocycles. The van der Waals surface area contributed by atoms with Crippen molar-refractivity contribution in [1.29, 1.82) is 0 Å². The highest BCUT2D eigenvalue weighted by Crippen LogP contribution is 2.64. The zero-order valence-electron chi connectivity index (χ0n) is 38.7. The molecule has 6 rings (SSSR count). The largest absolute Gasteiger partial charge is 0.456 e. The second-order valence-electron chi connectivity index (χ2n) is 17.8. The second kappa shape index (κ2) is 20.5. The van der Waals surface area contributed by atoms with E-state index in [0.29, 0.717) is 24.8 Å². The first-order valence-corrected chi connectivity index (χ1v) is 22.3. The number of aliphatic imine (C=N–C) groups is 1. The second-order valence-corrected chi connectivity index (χ2v) is 17.8. The molecule has 3 fully saturated rings. The average molecular weight is 905 g/mol. The van der Waals surface area contributed by atoms with E-state index in [1.807, 2.05) is 13.8 Å². The van der Waals surface area contributed by atoms with Crippen LogP contribution in [0.3, 0.4) is 0 Å². The maximum Gasteiger partial charge on any atom is 0.338 e. The molecule has 1 heterocycles. The van der Waals surface area contributed by atoms with Gasteiger partial charge in [0.05, 0.1) is 35.6 Å². The van der Waals surface area contributed by atoms with Gasteiger partial charge in [0.2, 0.25) is 5.91 Å². The van der Waals surface area contributed by atoms with Gasteiger partial charge in [0.15, 0.2) is 23.6 Å². The van der Waals surface area contributed by atoms with E-state index in [1.54, 1.807) is 75.6 Å². The van der Waals surface area contributed by atoms with Gasteiger partial charge in [0, 0.05) is 45.6 Å². The first-order valence-electron chi connectivity index (χ1n) is 22.3. The Bertz CT molecular complexity index is 2140. The van der Waals surface area contributed by atoms with Crippen LogP contribution in [0.25, 0.3) is 0 Å². The minimum absolute atomic E-state index is 0.00549. The molecule has 2 aromatic carbocycles. The lowest BCUT2D eigenvalue weighted by molar-refractivity contribution is -0.346. The molecule has 16 heteroatoms. The molecule has 0 radical (unpaired) electrons. The number of carbonyl (C=O) groups is 6. The lowest BCUT2D eigenvalue weighted by Gasteiger charge is -2.67. The molecule has 2 saturated carbocycles. The van der Waals surface area contributed by atoms with E-state index in [2.05, 4.69) is 10.3 Å². The normalized spacial score (nSPS) is 30.9. The van der Waals surface area contributed by atoms with Gasteiger partial charge in [-0.1, -0.05) is 76.2 Å². The van der Waals surface area contributed by atoms with Crippen LogP contribution in [-0.2, 0) is 47.7 Å². The third-order valence-corrected chi connectivity index (χ3v) is 13.6. The minimum atomic E-state index is -2.38. The summed E-state index contributed by atoms with van der Waals surface area (Å²) in [5.41, 5.74) is -7.19. The van der Waals surface area contributed by atoms with Crippen LogP contribution in [0.1, 0.15) is 116 Å². The highest BCUT2D eigenvalue weighted by atomic mass is 16.6. The van der Waals surface area contributed by atoms with Crippen molar-refractivity contribution in [2.24, 2.45) is 21.7 Å². The molecule has 4 N–H and O–H groups in total. The fourth-order valence-corrected chi connectivity index (χ4v) is 10.3. The maximum atomic E-state index is 15.5. The molecule has 2 unspecified atom stereocenters. The predicted octanol–water partition coefficient (Wildman–Crippen LogP) is 4.71. The number of nitrogens with zero attached hydrogens (tertiary/aromatic N) is 1. The number of rotatable bonds is 14. The molecule has 354 valence electrons. The Kier molecular flexibility index (Phi) is 16.0. The number of nitrogens with one attached hydrogen (secondary N) is 1. The third-order valence-electron chi connectivity index (χ3n) is 13.6. The Morgan fingerprint density at radius 1 is 0.938 bits per heavy atom. The number of Topliss-reactive ketones (excluding diaryl/α,β-unsaturated/α-hetero) is 1. The number of hydrogen-bond donors (Lipinski definition) is 4. The summed E-state index contributed by atoms with van der Waals surface area (Å²) in [6.07, 6.45) is -6.69. The number of aliphatic hydroxyl groups is 3. The van der Waals surface area contributed by atoms with Crippen LogP contribution in [-0.4, -0.2) is 119 Å². The first kappa shape index (κ1) is 50.7. The van der Waals surface area contributed by atoms with Crippen molar-refractivity contribution in [3.05, 3.63) is 82.9 Å². The van der Waals surface area contributed by atoms with Crippen molar-refractivity contribution in [1.82, 2.24) is 5.32 Å². The Morgan fingerprint density at radius 2 is 1.57 bits per heavy atom. The SMILES string of the molecule is CC.CN=CCCCCC(=O)NC(c1ccccc1)[C@@H](O)C(=O)OC1C[C@@]2(O)[C@@H](OC(=O)c3ccccc3)[C@@H]3[C@]4(OC(C)=O)CO[C@@H]4C[C@H](O)[C@@]3(C)C(=O)[C@H](OC(C)=O)C(=C1C)C2(C)C. The van der Waals surface area contributed by atoms with E-state index in [4.69, 9.17) is 23.7 Å². The molecule has 3 aliphatic carbocycles. The Morgan fingerprint density at radius 3 is 2.14 bits per heavy atom. The van der Waals surface area contributed by atoms with Crippen LogP contribution in [0.2, 0.25) is 0 Å². The maximum absolute atomic E-state index is 15.5. The van der Waals surface area contributed by atoms with E-state index < -0.39 is 113 Å². The number of ether oxygens (including phenoxy) is 5. The molecular formula is C49H64N2O14. The van der Waals surface area contributed by atoms with E-state index >= 15 is 4.79 Å². The highest BCUT2D eigenvalue weighted by Gasteiger charge is 2.78. The number of esters is 4. The van der Waals surface area contributed by atoms with Crippen molar-refractivity contribution in [2.45, 2.75) is 148 Å². The van der Waals surface area contributed by atoms with Gasteiger partial charge >= 0.3 is 23.9 Å². The molecule has 4 aliphatic rings. The van der Waals surface area contributed by atoms with Gasteiger partial charge in [0.1, 0.15) is 23.9 Å². The summed E-state index contributed by atoms with van der Waals surface area (Å²) >= 11 is 0. The van der Waals surface area contributed by atoms with Gasteiger partial charge in [-0.15, -0.1) is 0 Å². The standard InChI is InChI=1S/C47H58N2O14.C2H6/c1-26-31(61-43(57)37(54)36(29-17-11-8-12-18-29)49-34(53)21-15-10-16-22-48-7)24-47(58)41(62-42(56)30-19-13-9-14-20-30)39-45(6,32(52)23-33-46(39,25-59-33)63-28(3)51)40(55)38(60-27(2)50)35(26)44(47,4)5;1-2/h8-9,11-14,17-20,22,31-33,36-39,41,52,54,58H,10,15-16,21,23-25H2,1-7H3,(H,49,53);1-2H3/t31?,32-,33+,36?,37+,38+,39-,41-,45+,46-,47+;/m0./s1. The van der Waals surface area contributed by atoms with Gasteiger partial charge in [-0.05, 0) is 68.2 Å². The lowest BCUT2D eigenvalue weighted by Crippen LogP contribution is -2.82. The molecule has 2 bridgehead atoms. The minimum Gasteiger partial charge on any atom is -0.456 e. The molecule has 2 aromatic rings. The average Bonchev–Trinajstić information content (AvgIpc) is 3.27. The molecule has 1 aliphatic heterocycles. The lowest BCUT2D eigenvalue weighted by atomic mass is 9.44. The third kappa shape index (κ3) is 9.54. The molecule has 16 nitrogen and oxygen atoms in total. The molecule has 65 heavy (non-hydrogen) atoms. The quantitative estimate of drug-likeness (QED) is 0.0662. The fraction of sp³-hybridized carbons (Fsp3) is 0.571. The van der Waals surface area contributed by atoms with Crippen LogP contribution in [0.15, 0.2) is 76.8 Å². The van der Waals surface area contributed by atoms with Gasteiger partial charge in [-0.25, -0.2) is 9.59 Å². The van der Waals surface area contributed by atoms with Crippen molar-refractivity contribution in [3.8, 4) is 0 Å². The van der Waals surface area contributed by atoms with Gasteiger partial charge in [0.25, 0.3) is 0 Å². The number of unbranched alkanes of at least 4 members (excludes halogenated alkanes) is 2. The van der Waals surface area contributed by atoms with Gasteiger partial charge < -0.3 is 49.3 Å².